The van der Waals surface area contributed by atoms with Gasteiger partial charge in [0.2, 0.25) is 0 Å². The van der Waals surface area contributed by atoms with Crippen LogP contribution < -0.4 is 0 Å². The summed E-state index contributed by atoms with van der Waals surface area (Å²) < 4.78 is 4.80. The highest BCUT2D eigenvalue weighted by Gasteiger charge is 2.18. The smallest absolute Gasteiger partial charge is 0.303 e. The van der Waals surface area contributed by atoms with E-state index in [1.54, 1.807) is 12.1 Å². The van der Waals surface area contributed by atoms with E-state index in [1.807, 2.05) is 26.8 Å². The summed E-state index contributed by atoms with van der Waals surface area (Å²) in [6.45, 7) is 11.1. The maximum absolute atomic E-state index is 10.2. The number of hydrogen-bond donors (Lipinski definition) is 1. The molecule has 0 aromatic heterocycles. The molecule has 1 aromatic carbocycles. The topological polar surface area (TPSA) is 46.5 Å². The third-order valence-corrected chi connectivity index (χ3v) is 3.97. The number of rotatable bonds is 4. The summed E-state index contributed by atoms with van der Waals surface area (Å²) in [5.74, 6) is 0.0553. The Balaban J connectivity index is 0.000000515. The van der Waals surface area contributed by atoms with E-state index in [1.165, 1.54) is 6.92 Å². The van der Waals surface area contributed by atoms with Gasteiger partial charge in [0.05, 0.1) is 16.1 Å². The third kappa shape index (κ3) is 9.19. The molecule has 0 amide bonds. The Labute approximate surface area is 149 Å². The fraction of sp³-hybridized carbons (Fsp3) is 0.611. The highest BCUT2D eigenvalue weighted by Crippen LogP contribution is 2.31. The van der Waals surface area contributed by atoms with Crippen molar-refractivity contribution in [3.63, 3.8) is 0 Å². The highest BCUT2D eigenvalue weighted by atomic mass is 35.5. The summed E-state index contributed by atoms with van der Waals surface area (Å²) in [5, 5.41) is 11.1. The van der Waals surface area contributed by atoms with Crippen LogP contribution in [0.1, 0.15) is 66.1 Å². The van der Waals surface area contributed by atoms with Crippen molar-refractivity contribution < 1.29 is 14.6 Å². The predicted molar refractivity (Wildman–Crippen MR) is 97.0 cm³/mol. The molecule has 1 N–H and O–H groups in total. The van der Waals surface area contributed by atoms with Gasteiger partial charge >= 0.3 is 5.97 Å². The van der Waals surface area contributed by atoms with E-state index in [2.05, 4.69) is 13.8 Å². The maximum atomic E-state index is 10.2. The van der Waals surface area contributed by atoms with Gasteiger partial charge in [-0.3, -0.25) is 4.79 Å². The molecule has 0 saturated heterocycles. The number of carbonyl (C=O) groups excluding carboxylic acids is 1. The molecular formula is C18H28Cl2O3. The van der Waals surface area contributed by atoms with Crippen LogP contribution in [-0.4, -0.2) is 16.7 Å². The van der Waals surface area contributed by atoms with E-state index in [0.29, 0.717) is 10.0 Å². The first-order chi connectivity index (χ1) is 10.5. The van der Waals surface area contributed by atoms with Crippen LogP contribution in [0.4, 0.5) is 0 Å². The van der Waals surface area contributed by atoms with Crippen molar-refractivity contribution in [1.82, 2.24) is 0 Å². The molecule has 0 aliphatic heterocycles. The summed E-state index contributed by atoms with van der Waals surface area (Å²) in [4.78, 5) is 10.2. The van der Waals surface area contributed by atoms with Crippen LogP contribution in [0.5, 0.6) is 0 Å². The number of aliphatic hydroxyl groups is 1. The van der Waals surface area contributed by atoms with Crippen molar-refractivity contribution in [2.24, 2.45) is 5.92 Å². The molecule has 3 nitrogen and oxygen atoms in total. The van der Waals surface area contributed by atoms with Crippen LogP contribution >= 0.6 is 23.2 Å². The summed E-state index contributed by atoms with van der Waals surface area (Å²) in [6, 6.07) is 5.30. The zero-order chi connectivity index (χ0) is 18.2. The Hall–Kier alpha value is -0.770. The molecule has 0 bridgehead atoms. The van der Waals surface area contributed by atoms with Gasteiger partial charge in [-0.15, -0.1) is 0 Å². The van der Waals surface area contributed by atoms with Crippen LogP contribution in [0.3, 0.4) is 0 Å². The minimum atomic E-state index is -0.449. The number of aliphatic hydroxyl groups excluding tert-OH is 1. The number of esters is 1. The maximum Gasteiger partial charge on any atom is 0.303 e. The minimum absolute atomic E-state index is 0.225. The van der Waals surface area contributed by atoms with Crippen molar-refractivity contribution in [2.45, 2.75) is 66.1 Å². The third-order valence-electron chi connectivity index (χ3n) is 3.23. The van der Waals surface area contributed by atoms with Crippen LogP contribution in [0, 0.1) is 5.92 Å². The first-order valence-electron chi connectivity index (χ1n) is 7.84. The molecule has 0 saturated carbocycles. The molecule has 0 spiro atoms. The lowest BCUT2D eigenvalue weighted by Crippen LogP contribution is -2.21. The van der Waals surface area contributed by atoms with Gasteiger partial charge in [-0.1, -0.05) is 56.0 Å². The summed E-state index contributed by atoms with van der Waals surface area (Å²) >= 11 is 11.7. The molecule has 0 fully saturated rings. The standard InChI is InChI=1S/C12H16Cl2O.C6H12O2/c1-3-8(4-2)12(15)9-5-6-10(13)11(14)7-9;1-5(7)8-6(2,3)4/h5-8,12,15H,3-4H2,1-2H3;1-4H3. The lowest BCUT2D eigenvalue weighted by atomic mass is 9.91. The first kappa shape index (κ1) is 22.2. The largest absolute Gasteiger partial charge is 0.460 e. The van der Waals surface area contributed by atoms with Gasteiger partial charge in [0, 0.05) is 6.92 Å². The lowest BCUT2D eigenvalue weighted by Gasteiger charge is -2.20. The van der Waals surface area contributed by atoms with Gasteiger partial charge in [-0.2, -0.15) is 0 Å². The fourth-order valence-electron chi connectivity index (χ4n) is 2.13. The number of halogens is 2. The molecule has 0 aliphatic rings. The zero-order valence-electron chi connectivity index (χ0n) is 14.8. The molecule has 0 aliphatic carbocycles. The Morgan fingerprint density at radius 2 is 1.70 bits per heavy atom. The normalized spacial score (nSPS) is 12.4. The van der Waals surface area contributed by atoms with E-state index in [0.717, 1.165) is 18.4 Å². The van der Waals surface area contributed by atoms with Gasteiger partial charge in [0.25, 0.3) is 0 Å². The second-order valence-corrected chi connectivity index (χ2v) is 7.22. The van der Waals surface area contributed by atoms with Gasteiger partial charge in [-0.25, -0.2) is 0 Å². The van der Waals surface area contributed by atoms with Crippen molar-refractivity contribution in [3.8, 4) is 0 Å². The molecule has 5 heteroatoms. The lowest BCUT2D eigenvalue weighted by molar-refractivity contribution is -0.151. The van der Waals surface area contributed by atoms with E-state index in [-0.39, 0.29) is 17.5 Å². The monoisotopic (exact) mass is 362 g/mol. The van der Waals surface area contributed by atoms with Crippen LogP contribution in [0.15, 0.2) is 18.2 Å². The zero-order valence-corrected chi connectivity index (χ0v) is 16.3. The predicted octanol–water partition coefficient (Wildman–Crippen LogP) is 5.81. The number of hydrogen-bond acceptors (Lipinski definition) is 3. The Morgan fingerprint density at radius 3 is 2.00 bits per heavy atom. The average Bonchev–Trinajstić information content (AvgIpc) is 2.41. The Kier molecular flexibility index (Phi) is 9.83. The second kappa shape index (κ2) is 10.2. The van der Waals surface area contributed by atoms with E-state index < -0.39 is 6.10 Å². The van der Waals surface area contributed by atoms with Gasteiger partial charge < -0.3 is 9.84 Å². The molecule has 0 radical (unpaired) electrons. The van der Waals surface area contributed by atoms with Crippen molar-refractivity contribution >= 4 is 29.2 Å². The average molecular weight is 363 g/mol. The second-order valence-electron chi connectivity index (χ2n) is 6.40. The number of ether oxygens (including phenoxy) is 1. The molecule has 1 unspecified atom stereocenters. The van der Waals surface area contributed by atoms with E-state index in [9.17, 15) is 9.90 Å². The SMILES string of the molecule is CC(=O)OC(C)(C)C.CCC(CC)C(O)c1ccc(Cl)c(Cl)c1. The highest BCUT2D eigenvalue weighted by molar-refractivity contribution is 6.42. The molecule has 1 aromatic rings. The fourth-order valence-corrected chi connectivity index (χ4v) is 2.44. The summed E-state index contributed by atoms with van der Waals surface area (Å²) in [7, 11) is 0. The van der Waals surface area contributed by atoms with Gasteiger partial charge in [-0.05, 0) is 44.4 Å². The molecule has 1 atom stereocenters. The quantitative estimate of drug-likeness (QED) is 0.687. The van der Waals surface area contributed by atoms with E-state index >= 15 is 0 Å². The molecule has 132 valence electrons. The molecule has 23 heavy (non-hydrogen) atoms. The molecule has 0 heterocycles. The Morgan fingerprint density at radius 1 is 1.17 bits per heavy atom. The van der Waals surface area contributed by atoms with Gasteiger partial charge in [0.1, 0.15) is 5.60 Å². The van der Waals surface area contributed by atoms with Crippen LogP contribution in [0.2, 0.25) is 10.0 Å². The van der Waals surface area contributed by atoms with Crippen LogP contribution in [0.25, 0.3) is 0 Å². The van der Waals surface area contributed by atoms with E-state index in [4.69, 9.17) is 27.9 Å². The Bertz CT molecular complexity index is 492. The van der Waals surface area contributed by atoms with Crippen molar-refractivity contribution in [1.29, 1.82) is 0 Å². The number of carbonyl (C=O) groups is 1. The summed E-state index contributed by atoms with van der Waals surface area (Å²) in [6.07, 6.45) is 1.46. The van der Waals surface area contributed by atoms with Crippen molar-refractivity contribution in [3.05, 3.63) is 33.8 Å². The van der Waals surface area contributed by atoms with Gasteiger partial charge in [0.15, 0.2) is 0 Å². The minimum Gasteiger partial charge on any atom is -0.460 e. The first-order valence-corrected chi connectivity index (χ1v) is 8.60. The van der Waals surface area contributed by atoms with Crippen LogP contribution in [-0.2, 0) is 9.53 Å². The van der Waals surface area contributed by atoms with Crippen molar-refractivity contribution in [2.75, 3.05) is 0 Å². The molecular weight excluding hydrogens is 335 g/mol. The summed E-state index contributed by atoms with van der Waals surface area (Å²) in [5.41, 5.74) is 0.518. The number of benzene rings is 1. The molecule has 1 rings (SSSR count).